The van der Waals surface area contributed by atoms with E-state index in [1.165, 1.54) is 25.9 Å². The normalized spacial score (nSPS) is 22.9. The lowest BCUT2D eigenvalue weighted by molar-refractivity contribution is 0.0936. The first-order chi connectivity index (χ1) is 8.04. The summed E-state index contributed by atoms with van der Waals surface area (Å²) in [5.74, 6) is 0. The van der Waals surface area contributed by atoms with Gasteiger partial charge >= 0.3 is 0 Å². The third-order valence-electron chi connectivity index (χ3n) is 4.16. The van der Waals surface area contributed by atoms with Crippen LogP contribution in [0, 0.1) is 0 Å². The van der Waals surface area contributed by atoms with E-state index in [4.69, 9.17) is 0 Å². The molecule has 1 rings (SSSR count). The van der Waals surface area contributed by atoms with Gasteiger partial charge in [-0.15, -0.1) is 0 Å². The second kappa shape index (κ2) is 6.36. The lowest BCUT2D eigenvalue weighted by Gasteiger charge is -2.32. The van der Waals surface area contributed by atoms with Gasteiger partial charge in [0.25, 0.3) is 0 Å². The summed E-state index contributed by atoms with van der Waals surface area (Å²) in [7, 11) is 0. The summed E-state index contributed by atoms with van der Waals surface area (Å²) < 4.78 is 0. The molecule has 17 heavy (non-hydrogen) atoms. The van der Waals surface area contributed by atoms with E-state index in [0.29, 0.717) is 0 Å². The summed E-state index contributed by atoms with van der Waals surface area (Å²) >= 11 is 0. The van der Waals surface area contributed by atoms with Crippen LogP contribution in [-0.2, 0) is 0 Å². The van der Waals surface area contributed by atoms with Crippen LogP contribution in [0.5, 0.6) is 0 Å². The van der Waals surface area contributed by atoms with Crippen LogP contribution < -0.4 is 0 Å². The van der Waals surface area contributed by atoms with Crippen molar-refractivity contribution in [2.24, 2.45) is 0 Å². The van der Waals surface area contributed by atoms with Gasteiger partial charge in [-0.25, -0.2) is 0 Å². The molecular formula is C15H27NO. The SMILES string of the molecule is C/C=C(\C)C(O)(CCN1CCCC1)/C(C)=C/C. The van der Waals surface area contributed by atoms with Crippen molar-refractivity contribution in [2.45, 2.75) is 52.6 Å². The number of likely N-dealkylation sites (tertiary alicyclic amines) is 1. The Bertz CT molecular complexity index is 280. The molecule has 0 spiro atoms. The molecule has 0 saturated carbocycles. The highest BCUT2D eigenvalue weighted by molar-refractivity contribution is 5.29. The molecule has 1 saturated heterocycles. The van der Waals surface area contributed by atoms with Crippen LogP contribution in [0.25, 0.3) is 0 Å². The third-order valence-corrected chi connectivity index (χ3v) is 4.16. The first-order valence-electron chi connectivity index (χ1n) is 6.76. The van der Waals surface area contributed by atoms with Gasteiger partial charge in [0.15, 0.2) is 0 Å². The van der Waals surface area contributed by atoms with Crippen molar-refractivity contribution in [3.8, 4) is 0 Å². The molecule has 0 bridgehead atoms. The van der Waals surface area contributed by atoms with E-state index in [0.717, 1.165) is 24.1 Å². The van der Waals surface area contributed by atoms with E-state index < -0.39 is 5.60 Å². The van der Waals surface area contributed by atoms with E-state index in [2.05, 4.69) is 4.90 Å². The summed E-state index contributed by atoms with van der Waals surface area (Å²) in [6.45, 7) is 11.4. The molecule has 1 N–H and O–H groups in total. The van der Waals surface area contributed by atoms with Crippen molar-refractivity contribution < 1.29 is 5.11 Å². The van der Waals surface area contributed by atoms with E-state index >= 15 is 0 Å². The molecule has 0 amide bonds. The molecule has 0 unspecified atom stereocenters. The maximum absolute atomic E-state index is 10.8. The summed E-state index contributed by atoms with van der Waals surface area (Å²) in [5, 5.41) is 10.8. The van der Waals surface area contributed by atoms with Gasteiger partial charge in [0.2, 0.25) is 0 Å². The first kappa shape index (κ1) is 14.5. The summed E-state index contributed by atoms with van der Waals surface area (Å²) in [4.78, 5) is 2.46. The van der Waals surface area contributed by atoms with E-state index in [-0.39, 0.29) is 0 Å². The third kappa shape index (κ3) is 3.43. The monoisotopic (exact) mass is 237 g/mol. The second-order valence-corrected chi connectivity index (χ2v) is 5.10. The Hall–Kier alpha value is -0.600. The zero-order valence-electron chi connectivity index (χ0n) is 11.8. The molecule has 0 radical (unpaired) electrons. The molecule has 2 nitrogen and oxygen atoms in total. The van der Waals surface area contributed by atoms with Crippen LogP contribution >= 0.6 is 0 Å². The van der Waals surface area contributed by atoms with Gasteiger partial charge in [-0.2, -0.15) is 0 Å². The average molecular weight is 237 g/mol. The van der Waals surface area contributed by atoms with Gasteiger partial charge in [-0.3, -0.25) is 0 Å². The quantitative estimate of drug-likeness (QED) is 0.743. The standard InChI is InChI=1S/C15H27NO/c1-5-13(3)15(17,14(4)6-2)9-12-16-10-7-8-11-16/h5-6,17H,7-12H2,1-4H3/b13-5+,14-6+. The number of allylic oxidation sites excluding steroid dienone is 2. The predicted molar refractivity (Wildman–Crippen MR) is 74.1 cm³/mol. The van der Waals surface area contributed by atoms with Crippen molar-refractivity contribution in [1.82, 2.24) is 4.90 Å². The zero-order valence-corrected chi connectivity index (χ0v) is 11.8. The molecule has 0 aromatic carbocycles. The van der Waals surface area contributed by atoms with Gasteiger partial charge in [0.1, 0.15) is 5.60 Å². The molecule has 0 aliphatic carbocycles. The largest absolute Gasteiger partial charge is 0.381 e. The van der Waals surface area contributed by atoms with Gasteiger partial charge < -0.3 is 10.0 Å². The summed E-state index contributed by atoms with van der Waals surface area (Å²) in [5.41, 5.74) is 1.38. The van der Waals surface area contributed by atoms with Gasteiger partial charge in [-0.1, -0.05) is 12.2 Å². The molecule has 1 aliphatic rings. The molecule has 2 heteroatoms. The number of aliphatic hydroxyl groups is 1. The fraction of sp³-hybridized carbons (Fsp3) is 0.733. The molecule has 0 atom stereocenters. The Balaban J connectivity index is 2.70. The zero-order chi connectivity index (χ0) is 12.9. The Morgan fingerprint density at radius 1 is 1.12 bits per heavy atom. The van der Waals surface area contributed by atoms with E-state index in [1.807, 2.05) is 39.8 Å². The summed E-state index contributed by atoms with van der Waals surface area (Å²) in [6, 6.07) is 0. The highest BCUT2D eigenvalue weighted by Crippen LogP contribution is 2.29. The van der Waals surface area contributed by atoms with Crippen LogP contribution in [0.1, 0.15) is 47.0 Å². The number of nitrogens with zero attached hydrogens (tertiary/aromatic N) is 1. The minimum atomic E-state index is -0.744. The summed E-state index contributed by atoms with van der Waals surface area (Å²) in [6.07, 6.45) is 7.47. The molecule has 98 valence electrons. The van der Waals surface area contributed by atoms with Gasteiger partial charge in [0, 0.05) is 6.54 Å². The van der Waals surface area contributed by atoms with Crippen molar-refractivity contribution in [3.05, 3.63) is 23.3 Å². The van der Waals surface area contributed by atoms with Crippen LogP contribution in [0.3, 0.4) is 0 Å². The van der Waals surface area contributed by atoms with Crippen LogP contribution in [-0.4, -0.2) is 35.2 Å². The molecular weight excluding hydrogens is 210 g/mol. The lowest BCUT2D eigenvalue weighted by atomic mass is 9.84. The van der Waals surface area contributed by atoms with Gasteiger partial charge in [0.05, 0.1) is 0 Å². The molecule has 1 fully saturated rings. The number of hydrogen-bond donors (Lipinski definition) is 1. The topological polar surface area (TPSA) is 23.5 Å². The predicted octanol–water partition coefficient (Wildman–Crippen LogP) is 3.14. The second-order valence-electron chi connectivity index (χ2n) is 5.10. The van der Waals surface area contributed by atoms with E-state index in [1.54, 1.807) is 0 Å². The Morgan fingerprint density at radius 2 is 1.59 bits per heavy atom. The van der Waals surface area contributed by atoms with Crippen molar-refractivity contribution in [3.63, 3.8) is 0 Å². The number of rotatable bonds is 5. The van der Waals surface area contributed by atoms with Crippen molar-refractivity contribution in [1.29, 1.82) is 0 Å². The fourth-order valence-electron chi connectivity index (χ4n) is 2.51. The molecule has 0 aromatic heterocycles. The lowest BCUT2D eigenvalue weighted by Crippen LogP contribution is -2.36. The van der Waals surface area contributed by atoms with Crippen LogP contribution in [0.2, 0.25) is 0 Å². The van der Waals surface area contributed by atoms with Crippen molar-refractivity contribution in [2.75, 3.05) is 19.6 Å². The minimum Gasteiger partial charge on any atom is -0.381 e. The molecule has 1 heterocycles. The minimum absolute atomic E-state index is 0.744. The van der Waals surface area contributed by atoms with Crippen LogP contribution in [0.4, 0.5) is 0 Å². The first-order valence-corrected chi connectivity index (χ1v) is 6.76. The van der Waals surface area contributed by atoms with E-state index in [9.17, 15) is 5.11 Å². The molecule has 0 aromatic rings. The maximum Gasteiger partial charge on any atom is 0.107 e. The average Bonchev–Trinajstić information content (AvgIpc) is 2.86. The highest BCUT2D eigenvalue weighted by Gasteiger charge is 2.30. The van der Waals surface area contributed by atoms with Crippen LogP contribution in [0.15, 0.2) is 23.3 Å². The Labute approximate surface area is 106 Å². The number of hydrogen-bond acceptors (Lipinski definition) is 2. The van der Waals surface area contributed by atoms with Gasteiger partial charge in [-0.05, 0) is 71.2 Å². The Morgan fingerprint density at radius 3 is 2.00 bits per heavy atom. The Kier molecular flexibility index (Phi) is 5.41. The highest BCUT2D eigenvalue weighted by atomic mass is 16.3. The smallest absolute Gasteiger partial charge is 0.107 e. The van der Waals surface area contributed by atoms with Crippen molar-refractivity contribution >= 4 is 0 Å². The maximum atomic E-state index is 10.8. The molecule has 1 aliphatic heterocycles. The fourth-order valence-corrected chi connectivity index (χ4v) is 2.51.